The highest BCUT2D eigenvalue weighted by atomic mass is 16.2. The molecule has 0 radical (unpaired) electrons. The first-order valence-electron chi connectivity index (χ1n) is 5.59. The summed E-state index contributed by atoms with van der Waals surface area (Å²) in [5.74, 6) is 0.282. The summed E-state index contributed by atoms with van der Waals surface area (Å²) in [6.45, 7) is 7.07. The van der Waals surface area contributed by atoms with E-state index in [2.05, 4.69) is 17.1 Å². The molecular weight excluding hydrogens is 176 g/mol. The average molecular weight is 196 g/mol. The Kier molecular flexibility index (Phi) is 2.30. The Bertz CT molecular complexity index is 246. The van der Waals surface area contributed by atoms with Gasteiger partial charge in [-0.25, -0.2) is 0 Å². The molecule has 3 nitrogen and oxygen atoms in total. The molecule has 0 aromatic rings. The monoisotopic (exact) mass is 196 g/mol. The van der Waals surface area contributed by atoms with Crippen molar-refractivity contribution in [3.8, 4) is 0 Å². The quantitative estimate of drug-likeness (QED) is 0.682. The van der Waals surface area contributed by atoms with Crippen LogP contribution >= 0.6 is 0 Å². The number of hydrogen-bond donors (Lipinski definition) is 1. The van der Waals surface area contributed by atoms with Crippen LogP contribution in [0.15, 0.2) is 0 Å². The lowest BCUT2D eigenvalue weighted by Crippen LogP contribution is -2.53. The summed E-state index contributed by atoms with van der Waals surface area (Å²) in [5.41, 5.74) is -0.376. The fourth-order valence-electron chi connectivity index (χ4n) is 2.28. The molecule has 0 aromatic carbocycles. The maximum atomic E-state index is 12.2. The first kappa shape index (κ1) is 9.97. The summed E-state index contributed by atoms with van der Waals surface area (Å²) < 4.78 is 0. The van der Waals surface area contributed by atoms with E-state index >= 15 is 0 Å². The molecule has 1 atom stereocenters. The molecule has 3 heteroatoms. The first-order chi connectivity index (χ1) is 6.50. The Morgan fingerprint density at radius 1 is 1.36 bits per heavy atom. The average Bonchev–Trinajstić information content (AvgIpc) is 2.85. The van der Waals surface area contributed by atoms with Crippen molar-refractivity contribution < 1.29 is 4.79 Å². The van der Waals surface area contributed by atoms with Gasteiger partial charge >= 0.3 is 0 Å². The third-order valence-corrected chi connectivity index (χ3v) is 3.19. The molecule has 0 aromatic heterocycles. The number of nitrogens with zero attached hydrogens (tertiary/aromatic N) is 1. The van der Waals surface area contributed by atoms with Crippen molar-refractivity contribution >= 4 is 5.91 Å². The van der Waals surface area contributed by atoms with E-state index in [1.165, 1.54) is 12.8 Å². The summed E-state index contributed by atoms with van der Waals surface area (Å²) in [7, 11) is 0. The van der Waals surface area contributed by atoms with Crippen LogP contribution in [0.4, 0.5) is 0 Å². The van der Waals surface area contributed by atoms with Crippen LogP contribution in [0.2, 0.25) is 0 Å². The fraction of sp³-hybridized carbons (Fsp3) is 0.909. The molecule has 2 aliphatic rings. The van der Waals surface area contributed by atoms with E-state index in [-0.39, 0.29) is 11.4 Å². The topological polar surface area (TPSA) is 32.3 Å². The summed E-state index contributed by atoms with van der Waals surface area (Å²) >= 11 is 0. The van der Waals surface area contributed by atoms with Crippen molar-refractivity contribution in [1.29, 1.82) is 0 Å². The zero-order valence-electron chi connectivity index (χ0n) is 9.34. The van der Waals surface area contributed by atoms with Crippen LogP contribution in [0.25, 0.3) is 0 Å². The SMILES string of the molecule is CC1CCN(C2CC2)C(=O)C(C)(C)N1. The van der Waals surface area contributed by atoms with E-state index in [9.17, 15) is 4.79 Å². The molecule has 1 saturated carbocycles. The van der Waals surface area contributed by atoms with Crippen LogP contribution in [-0.4, -0.2) is 35.0 Å². The second-order valence-electron chi connectivity index (χ2n) is 5.19. The molecular formula is C11H20N2O. The number of hydrogen-bond acceptors (Lipinski definition) is 2. The van der Waals surface area contributed by atoms with E-state index in [1.54, 1.807) is 0 Å². The summed E-state index contributed by atoms with van der Waals surface area (Å²) in [6, 6.07) is 0.992. The third-order valence-electron chi connectivity index (χ3n) is 3.19. The summed E-state index contributed by atoms with van der Waals surface area (Å²) in [4.78, 5) is 14.2. The van der Waals surface area contributed by atoms with Gasteiger partial charge in [-0.05, 0) is 40.0 Å². The maximum absolute atomic E-state index is 12.2. The number of amides is 1. The minimum Gasteiger partial charge on any atom is -0.338 e. The standard InChI is InChI=1S/C11H20N2O/c1-8-6-7-13(9-4-5-9)10(14)11(2,3)12-8/h8-9,12H,4-7H2,1-3H3. The number of rotatable bonds is 1. The van der Waals surface area contributed by atoms with Crippen molar-refractivity contribution in [3.63, 3.8) is 0 Å². The van der Waals surface area contributed by atoms with Crippen molar-refractivity contribution in [2.45, 2.75) is 57.7 Å². The van der Waals surface area contributed by atoms with Gasteiger partial charge in [-0.15, -0.1) is 0 Å². The van der Waals surface area contributed by atoms with E-state index in [0.717, 1.165) is 13.0 Å². The second-order valence-corrected chi connectivity index (χ2v) is 5.19. The first-order valence-corrected chi connectivity index (χ1v) is 5.59. The zero-order chi connectivity index (χ0) is 10.3. The van der Waals surface area contributed by atoms with Crippen LogP contribution in [0.5, 0.6) is 0 Å². The Hall–Kier alpha value is -0.570. The normalized spacial score (nSPS) is 32.9. The largest absolute Gasteiger partial charge is 0.338 e. The van der Waals surface area contributed by atoms with Gasteiger partial charge in [0.25, 0.3) is 0 Å². The van der Waals surface area contributed by atoms with Gasteiger partial charge in [0.2, 0.25) is 5.91 Å². The van der Waals surface area contributed by atoms with Crippen LogP contribution in [-0.2, 0) is 4.79 Å². The number of nitrogens with one attached hydrogen (secondary N) is 1. The lowest BCUT2D eigenvalue weighted by Gasteiger charge is -2.29. The molecule has 1 aliphatic carbocycles. The molecule has 0 bridgehead atoms. The molecule has 1 saturated heterocycles. The van der Waals surface area contributed by atoms with Crippen LogP contribution < -0.4 is 5.32 Å². The van der Waals surface area contributed by atoms with Gasteiger partial charge in [0, 0.05) is 18.6 Å². The minimum atomic E-state index is -0.376. The fourth-order valence-corrected chi connectivity index (χ4v) is 2.28. The molecule has 80 valence electrons. The maximum Gasteiger partial charge on any atom is 0.242 e. The van der Waals surface area contributed by atoms with Gasteiger partial charge in [0.15, 0.2) is 0 Å². The third kappa shape index (κ3) is 1.78. The molecule has 14 heavy (non-hydrogen) atoms. The lowest BCUT2D eigenvalue weighted by atomic mass is 10.0. The van der Waals surface area contributed by atoms with E-state index < -0.39 is 0 Å². The van der Waals surface area contributed by atoms with Gasteiger partial charge < -0.3 is 10.2 Å². The second kappa shape index (κ2) is 3.23. The van der Waals surface area contributed by atoms with E-state index in [4.69, 9.17) is 0 Å². The molecule has 1 unspecified atom stereocenters. The van der Waals surface area contributed by atoms with E-state index in [0.29, 0.717) is 12.1 Å². The highest BCUT2D eigenvalue weighted by Crippen LogP contribution is 2.30. The zero-order valence-corrected chi connectivity index (χ0v) is 9.34. The Morgan fingerprint density at radius 2 is 2.00 bits per heavy atom. The minimum absolute atomic E-state index is 0.282. The van der Waals surface area contributed by atoms with Crippen molar-refractivity contribution in [2.24, 2.45) is 0 Å². The molecule has 1 aliphatic heterocycles. The van der Waals surface area contributed by atoms with Crippen molar-refractivity contribution in [2.75, 3.05) is 6.54 Å². The van der Waals surface area contributed by atoms with Gasteiger partial charge in [-0.1, -0.05) is 0 Å². The van der Waals surface area contributed by atoms with Crippen molar-refractivity contribution in [3.05, 3.63) is 0 Å². The molecule has 1 heterocycles. The number of carbonyl (C=O) groups is 1. The van der Waals surface area contributed by atoms with Crippen molar-refractivity contribution in [1.82, 2.24) is 10.2 Å². The summed E-state index contributed by atoms with van der Waals surface area (Å²) in [6.07, 6.45) is 3.48. The number of carbonyl (C=O) groups excluding carboxylic acids is 1. The molecule has 0 spiro atoms. The van der Waals surface area contributed by atoms with Gasteiger partial charge in [0.1, 0.15) is 0 Å². The van der Waals surface area contributed by atoms with Crippen LogP contribution in [0, 0.1) is 0 Å². The predicted molar refractivity (Wildman–Crippen MR) is 56.0 cm³/mol. The highest BCUT2D eigenvalue weighted by molar-refractivity contribution is 5.86. The summed E-state index contributed by atoms with van der Waals surface area (Å²) in [5, 5.41) is 3.39. The molecule has 2 rings (SSSR count). The van der Waals surface area contributed by atoms with E-state index in [1.807, 2.05) is 13.8 Å². The lowest BCUT2D eigenvalue weighted by molar-refractivity contribution is -0.136. The molecule has 2 fully saturated rings. The van der Waals surface area contributed by atoms with Gasteiger partial charge in [0.05, 0.1) is 5.54 Å². The smallest absolute Gasteiger partial charge is 0.242 e. The highest BCUT2D eigenvalue weighted by Gasteiger charge is 2.41. The predicted octanol–water partition coefficient (Wildman–Crippen LogP) is 1.14. The van der Waals surface area contributed by atoms with Gasteiger partial charge in [-0.2, -0.15) is 0 Å². The van der Waals surface area contributed by atoms with Crippen LogP contribution in [0.3, 0.4) is 0 Å². The Balaban J connectivity index is 2.15. The van der Waals surface area contributed by atoms with Gasteiger partial charge in [-0.3, -0.25) is 4.79 Å². The van der Waals surface area contributed by atoms with Crippen LogP contribution in [0.1, 0.15) is 40.0 Å². The Morgan fingerprint density at radius 3 is 2.57 bits per heavy atom. The molecule has 1 amide bonds. The molecule has 1 N–H and O–H groups in total. The Labute approximate surface area is 85.8 Å².